The Hall–Kier alpha value is -1.10. The molecule has 1 aromatic carbocycles. The van der Waals surface area contributed by atoms with E-state index in [1.807, 2.05) is 19.9 Å². The van der Waals surface area contributed by atoms with Crippen molar-refractivity contribution in [3.05, 3.63) is 29.3 Å². The highest BCUT2D eigenvalue weighted by molar-refractivity contribution is 5.39. The van der Waals surface area contributed by atoms with Crippen LogP contribution in [0.5, 0.6) is 5.75 Å². The van der Waals surface area contributed by atoms with Crippen molar-refractivity contribution in [2.24, 2.45) is 0 Å². The van der Waals surface area contributed by atoms with E-state index in [2.05, 4.69) is 17.4 Å². The van der Waals surface area contributed by atoms with Crippen LogP contribution < -0.4 is 10.1 Å². The minimum Gasteiger partial charge on any atom is -0.463 e. The SMILES string of the molecule is CC1(C)OCc2cc(C3CNCO3)ccc2O1. The Morgan fingerprint density at radius 1 is 1.35 bits per heavy atom. The lowest BCUT2D eigenvalue weighted by Crippen LogP contribution is -2.35. The van der Waals surface area contributed by atoms with Crippen molar-refractivity contribution in [1.29, 1.82) is 0 Å². The molecule has 0 bridgehead atoms. The zero-order chi connectivity index (χ0) is 11.9. The Morgan fingerprint density at radius 2 is 2.24 bits per heavy atom. The van der Waals surface area contributed by atoms with E-state index in [1.165, 1.54) is 5.56 Å². The summed E-state index contributed by atoms with van der Waals surface area (Å²) in [6, 6.07) is 6.19. The monoisotopic (exact) mass is 235 g/mol. The summed E-state index contributed by atoms with van der Waals surface area (Å²) in [5.41, 5.74) is 2.28. The second-order valence-corrected chi connectivity index (χ2v) is 4.91. The molecule has 17 heavy (non-hydrogen) atoms. The van der Waals surface area contributed by atoms with Gasteiger partial charge >= 0.3 is 0 Å². The van der Waals surface area contributed by atoms with Crippen LogP contribution in [-0.4, -0.2) is 19.1 Å². The van der Waals surface area contributed by atoms with Crippen molar-refractivity contribution in [2.75, 3.05) is 13.3 Å². The maximum Gasteiger partial charge on any atom is 0.205 e. The van der Waals surface area contributed by atoms with Gasteiger partial charge in [0.15, 0.2) is 0 Å². The van der Waals surface area contributed by atoms with E-state index in [-0.39, 0.29) is 6.10 Å². The molecule has 2 aliphatic heterocycles. The number of rotatable bonds is 1. The zero-order valence-corrected chi connectivity index (χ0v) is 10.2. The third-order valence-corrected chi connectivity index (χ3v) is 3.10. The van der Waals surface area contributed by atoms with Crippen LogP contribution in [0.15, 0.2) is 18.2 Å². The molecular weight excluding hydrogens is 218 g/mol. The fourth-order valence-corrected chi connectivity index (χ4v) is 2.18. The van der Waals surface area contributed by atoms with Gasteiger partial charge in [0.2, 0.25) is 5.79 Å². The number of hydrogen-bond donors (Lipinski definition) is 1. The molecule has 0 aliphatic carbocycles. The minimum atomic E-state index is -0.528. The quantitative estimate of drug-likeness (QED) is 0.807. The zero-order valence-electron chi connectivity index (χ0n) is 10.2. The van der Waals surface area contributed by atoms with E-state index >= 15 is 0 Å². The smallest absolute Gasteiger partial charge is 0.205 e. The first-order valence-corrected chi connectivity index (χ1v) is 5.92. The summed E-state index contributed by atoms with van der Waals surface area (Å²) in [6.07, 6.45) is 0.148. The fourth-order valence-electron chi connectivity index (χ4n) is 2.18. The van der Waals surface area contributed by atoms with Gasteiger partial charge in [-0.2, -0.15) is 0 Å². The minimum absolute atomic E-state index is 0.148. The summed E-state index contributed by atoms with van der Waals surface area (Å²) >= 11 is 0. The molecule has 0 aromatic heterocycles. The first-order chi connectivity index (χ1) is 8.14. The van der Waals surface area contributed by atoms with Gasteiger partial charge in [0.1, 0.15) is 5.75 Å². The second kappa shape index (κ2) is 3.98. The Balaban J connectivity index is 1.87. The van der Waals surface area contributed by atoms with Gasteiger partial charge in [0.25, 0.3) is 0 Å². The third kappa shape index (κ3) is 2.16. The molecule has 4 heteroatoms. The number of benzene rings is 1. The number of nitrogens with one attached hydrogen (secondary N) is 1. The van der Waals surface area contributed by atoms with Gasteiger partial charge < -0.3 is 14.2 Å². The van der Waals surface area contributed by atoms with E-state index in [9.17, 15) is 0 Å². The highest BCUT2D eigenvalue weighted by Gasteiger charge is 2.28. The molecule has 3 rings (SSSR count). The van der Waals surface area contributed by atoms with Crippen molar-refractivity contribution in [3.63, 3.8) is 0 Å². The highest BCUT2D eigenvalue weighted by Crippen LogP contribution is 2.33. The Morgan fingerprint density at radius 3 is 3.00 bits per heavy atom. The summed E-state index contributed by atoms with van der Waals surface area (Å²) in [4.78, 5) is 0. The molecule has 2 heterocycles. The average molecular weight is 235 g/mol. The predicted molar refractivity (Wildman–Crippen MR) is 62.6 cm³/mol. The normalized spacial score (nSPS) is 26.4. The maximum absolute atomic E-state index is 5.76. The van der Waals surface area contributed by atoms with Crippen molar-refractivity contribution >= 4 is 0 Å². The van der Waals surface area contributed by atoms with E-state index < -0.39 is 5.79 Å². The van der Waals surface area contributed by atoms with Crippen LogP contribution in [0, 0.1) is 0 Å². The second-order valence-electron chi connectivity index (χ2n) is 4.91. The van der Waals surface area contributed by atoms with Gasteiger partial charge in [-0.05, 0) is 17.7 Å². The van der Waals surface area contributed by atoms with Crippen LogP contribution in [-0.2, 0) is 16.1 Å². The van der Waals surface area contributed by atoms with Crippen molar-refractivity contribution < 1.29 is 14.2 Å². The molecule has 0 saturated carbocycles. The Labute approximate surface area is 101 Å². The van der Waals surface area contributed by atoms with Gasteiger partial charge in [-0.3, -0.25) is 5.32 Å². The summed E-state index contributed by atoms with van der Waals surface area (Å²) in [5, 5.41) is 3.18. The molecule has 2 aliphatic rings. The number of ether oxygens (including phenoxy) is 3. The van der Waals surface area contributed by atoms with Crippen LogP contribution in [0.3, 0.4) is 0 Å². The number of fused-ring (bicyclic) bond motifs is 1. The molecular formula is C13H17NO3. The summed E-state index contributed by atoms with van der Waals surface area (Å²) in [5.74, 6) is 0.385. The maximum atomic E-state index is 5.76. The average Bonchev–Trinajstić information content (AvgIpc) is 2.81. The molecule has 1 fully saturated rings. The molecule has 0 amide bonds. The number of hydrogen-bond acceptors (Lipinski definition) is 4. The fraction of sp³-hybridized carbons (Fsp3) is 0.538. The van der Waals surface area contributed by atoms with Crippen LogP contribution in [0.2, 0.25) is 0 Å². The topological polar surface area (TPSA) is 39.7 Å². The largest absolute Gasteiger partial charge is 0.463 e. The highest BCUT2D eigenvalue weighted by atomic mass is 16.7. The van der Waals surface area contributed by atoms with Crippen LogP contribution in [0.25, 0.3) is 0 Å². The van der Waals surface area contributed by atoms with E-state index in [4.69, 9.17) is 14.2 Å². The summed E-state index contributed by atoms with van der Waals surface area (Å²) < 4.78 is 17.0. The molecule has 1 unspecified atom stereocenters. The lowest BCUT2D eigenvalue weighted by atomic mass is 10.0. The molecule has 1 aromatic rings. The van der Waals surface area contributed by atoms with Gasteiger partial charge in [-0.25, -0.2) is 0 Å². The van der Waals surface area contributed by atoms with E-state index in [0.717, 1.165) is 17.9 Å². The predicted octanol–water partition coefficient (Wildman–Crippen LogP) is 1.95. The lowest BCUT2D eigenvalue weighted by molar-refractivity contribution is -0.180. The van der Waals surface area contributed by atoms with Gasteiger partial charge in [0.05, 0.1) is 19.4 Å². The molecule has 1 saturated heterocycles. The summed E-state index contributed by atoms with van der Waals surface area (Å²) in [7, 11) is 0. The van der Waals surface area contributed by atoms with E-state index in [1.54, 1.807) is 0 Å². The lowest BCUT2D eigenvalue weighted by Gasteiger charge is -2.32. The first kappa shape index (κ1) is 11.0. The Kier molecular flexibility index (Phi) is 2.58. The molecule has 92 valence electrons. The first-order valence-electron chi connectivity index (χ1n) is 5.92. The molecule has 4 nitrogen and oxygen atoms in total. The summed E-state index contributed by atoms with van der Waals surface area (Å²) in [6.45, 7) is 5.94. The molecule has 0 spiro atoms. The van der Waals surface area contributed by atoms with Crippen molar-refractivity contribution in [3.8, 4) is 5.75 Å². The van der Waals surface area contributed by atoms with Crippen molar-refractivity contribution in [2.45, 2.75) is 32.3 Å². The Bertz CT molecular complexity index is 425. The molecule has 1 atom stereocenters. The van der Waals surface area contributed by atoms with Gasteiger partial charge in [-0.15, -0.1) is 0 Å². The van der Waals surface area contributed by atoms with Crippen LogP contribution in [0.4, 0.5) is 0 Å². The van der Waals surface area contributed by atoms with Crippen molar-refractivity contribution in [1.82, 2.24) is 5.32 Å². The van der Waals surface area contributed by atoms with E-state index in [0.29, 0.717) is 13.3 Å². The standard InChI is InChI=1S/C13H17NO3/c1-13(2)16-7-10-5-9(3-4-11(10)17-13)12-6-14-8-15-12/h3-5,12,14H,6-8H2,1-2H3. The molecule has 1 N–H and O–H groups in total. The van der Waals surface area contributed by atoms with Crippen LogP contribution in [0.1, 0.15) is 31.1 Å². The van der Waals surface area contributed by atoms with Gasteiger partial charge in [-0.1, -0.05) is 6.07 Å². The molecule has 0 radical (unpaired) electrons. The van der Waals surface area contributed by atoms with Crippen LogP contribution >= 0.6 is 0 Å². The third-order valence-electron chi connectivity index (χ3n) is 3.10. The van der Waals surface area contributed by atoms with Gasteiger partial charge in [0, 0.05) is 26.0 Å².